The first kappa shape index (κ1) is 11.6. The van der Waals surface area contributed by atoms with Crippen LogP contribution in [-0.2, 0) is 11.2 Å². The van der Waals surface area contributed by atoms with Gasteiger partial charge in [-0.2, -0.15) is 0 Å². The van der Waals surface area contributed by atoms with Gasteiger partial charge in [0.1, 0.15) is 0 Å². The predicted octanol–water partition coefficient (Wildman–Crippen LogP) is 2.50. The average molecular weight is 219 g/mol. The second-order valence-corrected chi connectivity index (χ2v) is 4.92. The maximum atomic E-state index is 5.70. The van der Waals surface area contributed by atoms with E-state index in [2.05, 4.69) is 43.3 Å². The Kier molecular flexibility index (Phi) is 3.62. The summed E-state index contributed by atoms with van der Waals surface area (Å²) in [4.78, 5) is 2.25. The van der Waals surface area contributed by atoms with Crippen molar-refractivity contribution in [3.8, 4) is 0 Å². The maximum absolute atomic E-state index is 5.70. The lowest BCUT2D eigenvalue weighted by atomic mass is 9.81. The minimum absolute atomic E-state index is 0.271. The van der Waals surface area contributed by atoms with Gasteiger partial charge in [-0.05, 0) is 38.1 Å². The number of fused-ring (bicyclic) bond motifs is 1. The molecule has 2 heteroatoms. The molecule has 2 nitrogen and oxygen atoms in total. The number of hydrogen-bond donors (Lipinski definition) is 0. The van der Waals surface area contributed by atoms with Crippen LogP contribution in [0.3, 0.4) is 0 Å². The molecule has 0 fully saturated rings. The highest BCUT2D eigenvalue weighted by atomic mass is 16.5. The molecule has 0 radical (unpaired) electrons. The number of hydrogen-bond acceptors (Lipinski definition) is 2. The van der Waals surface area contributed by atoms with E-state index in [0.29, 0.717) is 5.92 Å². The van der Waals surface area contributed by atoms with Crippen LogP contribution in [-0.4, -0.2) is 32.6 Å². The molecular weight excluding hydrogens is 198 g/mol. The molecule has 1 aliphatic rings. The summed E-state index contributed by atoms with van der Waals surface area (Å²) < 4.78 is 5.70. The Balaban J connectivity index is 2.23. The molecule has 2 unspecified atom stereocenters. The summed E-state index contributed by atoms with van der Waals surface area (Å²) in [5.74, 6) is 0.620. The molecule has 0 saturated carbocycles. The second-order valence-electron chi connectivity index (χ2n) is 4.92. The molecule has 1 aromatic rings. The highest BCUT2D eigenvalue weighted by molar-refractivity contribution is 5.32. The van der Waals surface area contributed by atoms with E-state index in [-0.39, 0.29) is 6.10 Å². The van der Waals surface area contributed by atoms with E-state index in [9.17, 15) is 0 Å². The molecule has 0 aliphatic heterocycles. The van der Waals surface area contributed by atoms with Crippen molar-refractivity contribution in [1.29, 1.82) is 0 Å². The Labute approximate surface area is 98.2 Å². The van der Waals surface area contributed by atoms with E-state index in [1.807, 2.05) is 7.11 Å². The highest BCUT2D eigenvalue weighted by Gasteiger charge is 2.29. The molecule has 1 aromatic carbocycles. The molecule has 0 N–H and O–H groups in total. The Morgan fingerprint density at radius 3 is 2.75 bits per heavy atom. The quantitative estimate of drug-likeness (QED) is 0.774. The van der Waals surface area contributed by atoms with E-state index in [0.717, 1.165) is 6.54 Å². The summed E-state index contributed by atoms with van der Waals surface area (Å²) in [6.45, 7) is 1.10. The molecular formula is C14H21NO. The third-order valence-electron chi connectivity index (χ3n) is 3.43. The number of methoxy groups -OCH3 is 1. The Morgan fingerprint density at radius 2 is 2.06 bits per heavy atom. The van der Waals surface area contributed by atoms with Gasteiger partial charge in [0.2, 0.25) is 0 Å². The molecule has 16 heavy (non-hydrogen) atoms. The SMILES string of the molecule is COC1c2ccccc2CCC1CN(C)C. The third kappa shape index (κ3) is 2.28. The molecule has 0 spiro atoms. The fourth-order valence-corrected chi connectivity index (χ4v) is 2.76. The van der Waals surface area contributed by atoms with Crippen LogP contribution in [0, 0.1) is 5.92 Å². The van der Waals surface area contributed by atoms with E-state index < -0.39 is 0 Å². The lowest BCUT2D eigenvalue weighted by molar-refractivity contribution is 0.0299. The second kappa shape index (κ2) is 4.98. The minimum atomic E-state index is 0.271. The average Bonchev–Trinajstić information content (AvgIpc) is 2.28. The molecule has 2 rings (SSSR count). The zero-order chi connectivity index (χ0) is 11.5. The summed E-state index contributed by atoms with van der Waals surface area (Å²) in [5, 5.41) is 0. The van der Waals surface area contributed by atoms with Gasteiger partial charge in [-0.1, -0.05) is 24.3 Å². The fraction of sp³-hybridized carbons (Fsp3) is 0.571. The summed E-state index contributed by atoms with van der Waals surface area (Å²) in [7, 11) is 6.09. The zero-order valence-corrected chi connectivity index (χ0v) is 10.4. The van der Waals surface area contributed by atoms with Crippen molar-refractivity contribution in [1.82, 2.24) is 4.90 Å². The van der Waals surface area contributed by atoms with Gasteiger partial charge in [-0.25, -0.2) is 0 Å². The first-order valence-electron chi connectivity index (χ1n) is 5.97. The van der Waals surface area contributed by atoms with Crippen molar-refractivity contribution < 1.29 is 4.74 Å². The van der Waals surface area contributed by atoms with Gasteiger partial charge < -0.3 is 9.64 Å². The normalized spacial score (nSPS) is 24.5. The summed E-state index contributed by atoms with van der Waals surface area (Å²) in [6.07, 6.45) is 2.69. The number of rotatable bonds is 3. The van der Waals surface area contributed by atoms with Crippen LogP contribution in [0.2, 0.25) is 0 Å². The first-order chi connectivity index (χ1) is 7.72. The van der Waals surface area contributed by atoms with E-state index in [1.165, 1.54) is 24.0 Å². The molecule has 88 valence electrons. The van der Waals surface area contributed by atoms with Crippen LogP contribution in [0.5, 0.6) is 0 Å². The van der Waals surface area contributed by atoms with Gasteiger partial charge in [0, 0.05) is 19.6 Å². The predicted molar refractivity (Wildman–Crippen MR) is 66.6 cm³/mol. The number of nitrogens with zero attached hydrogens (tertiary/aromatic N) is 1. The molecule has 0 aromatic heterocycles. The van der Waals surface area contributed by atoms with Crippen molar-refractivity contribution in [2.24, 2.45) is 5.92 Å². The standard InChI is InChI=1S/C14H21NO/c1-15(2)10-12-9-8-11-6-4-5-7-13(11)14(12)16-3/h4-7,12,14H,8-10H2,1-3H3. The number of benzene rings is 1. The number of aryl methyl sites for hydroxylation is 1. The van der Waals surface area contributed by atoms with Gasteiger partial charge in [0.05, 0.1) is 6.10 Å². The van der Waals surface area contributed by atoms with Crippen LogP contribution in [0.4, 0.5) is 0 Å². The lowest BCUT2D eigenvalue weighted by Gasteiger charge is -2.34. The third-order valence-corrected chi connectivity index (χ3v) is 3.43. The molecule has 0 heterocycles. The van der Waals surface area contributed by atoms with E-state index in [1.54, 1.807) is 0 Å². The van der Waals surface area contributed by atoms with Crippen molar-refractivity contribution in [2.75, 3.05) is 27.7 Å². The van der Waals surface area contributed by atoms with Gasteiger partial charge >= 0.3 is 0 Å². The fourth-order valence-electron chi connectivity index (χ4n) is 2.76. The summed E-state index contributed by atoms with van der Waals surface area (Å²) >= 11 is 0. The van der Waals surface area contributed by atoms with Crippen molar-refractivity contribution in [3.05, 3.63) is 35.4 Å². The Hall–Kier alpha value is -0.860. The van der Waals surface area contributed by atoms with E-state index in [4.69, 9.17) is 4.74 Å². The molecule has 1 aliphatic carbocycles. The minimum Gasteiger partial charge on any atom is -0.376 e. The molecule has 0 bridgehead atoms. The molecule has 0 amide bonds. The first-order valence-corrected chi connectivity index (χ1v) is 5.97. The number of ether oxygens (including phenoxy) is 1. The van der Waals surface area contributed by atoms with Crippen LogP contribution in [0.15, 0.2) is 24.3 Å². The van der Waals surface area contributed by atoms with Crippen LogP contribution in [0.25, 0.3) is 0 Å². The van der Waals surface area contributed by atoms with Crippen LogP contribution < -0.4 is 0 Å². The maximum Gasteiger partial charge on any atom is 0.0864 e. The monoisotopic (exact) mass is 219 g/mol. The van der Waals surface area contributed by atoms with Gasteiger partial charge in [-0.3, -0.25) is 0 Å². The smallest absolute Gasteiger partial charge is 0.0864 e. The van der Waals surface area contributed by atoms with Gasteiger partial charge in [-0.15, -0.1) is 0 Å². The highest BCUT2D eigenvalue weighted by Crippen LogP contribution is 2.36. The van der Waals surface area contributed by atoms with Crippen molar-refractivity contribution >= 4 is 0 Å². The summed E-state index contributed by atoms with van der Waals surface area (Å²) in [6, 6.07) is 8.68. The lowest BCUT2D eigenvalue weighted by Crippen LogP contribution is -2.31. The topological polar surface area (TPSA) is 12.5 Å². The zero-order valence-electron chi connectivity index (χ0n) is 10.4. The van der Waals surface area contributed by atoms with Crippen molar-refractivity contribution in [2.45, 2.75) is 18.9 Å². The molecule has 0 saturated heterocycles. The van der Waals surface area contributed by atoms with E-state index >= 15 is 0 Å². The Morgan fingerprint density at radius 1 is 1.31 bits per heavy atom. The summed E-state index contributed by atoms with van der Waals surface area (Å²) in [5.41, 5.74) is 2.85. The largest absolute Gasteiger partial charge is 0.376 e. The van der Waals surface area contributed by atoms with Crippen molar-refractivity contribution in [3.63, 3.8) is 0 Å². The van der Waals surface area contributed by atoms with Crippen LogP contribution in [0.1, 0.15) is 23.7 Å². The molecule has 2 atom stereocenters. The van der Waals surface area contributed by atoms with Crippen LogP contribution >= 0.6 is 0 Å². The van der Waals surface area contributed by atoms with Gasteiger partial charge in [0.25, 0.3) is 0 Å². The Bertz CT molecular complexity index is 348. The van der Waals surface area contributed by atoms with Gasteiger partial charge in [0.15, 0.2) is 0 Å².